The van der Waals surface area contributed by atoms with Crippen molar-refractivity contribution < 1.29 is 10.2 Å². The number of aliphatic hydroxyl groups excluding tert-OH is 2. The second-order valence-corrected chi connectivity index (χ2v) is 5.27. The molecule has 3 heteroatoms. The Morgan fingerprint density at radius 2 is 1.80 bits per heavy atom. The van der Waals surface area contributed by atoms with Crippen LogP contribution < -0.4 is 5.32 Å². The third-order valence-electron chi connectivity index (χ3n) is 3.91. The maximum absolute atomic E-state index is 9.30. The average molecular weight is 215 g/mol. The van der Waals surface area contributed by atoms with E-state index < -0.39 is 5.54 Å². The molecule has 3 nitrogen and oxygen atoms in total. The van der Waals surface area contributed by atoms with E-state index in [1.165, 1.54) is 12.8 Å². The van der Waals surface area contributed by atoms with Crippen LogP contribution in [0.1, 0.15) is 40.0 Å². The van der Waals surface area contributed by atoms with Crippen molar-refractivity contribution in [3.63, 3.8) is 0 Å². The molecule has 0 aromatic rings. The van der Waals surface area contributed by atoms with E-state index in [1.807, 2.05) is 6.92 Å². The number of nitrogens with one attached hydrogen (secondary N) is 1. The van der Waals surface area contributed by atoms with Gasteiger partial charge < -0.3 is 15.5 Å². The molecular formula is C12H25NO2. The lowest BCUT2D eigenvalue weighted by Crippen LogP contribution is -2.59. The molecule has 0 aliphatic heterocycles. The standard InChI is InChI=1S/C12H25NO2/c1-4-12(7-14,8-15)13-11-5-10(6-11)9(2)3/h9-11,13-15H,4-8H2,1-3H3. The monoisotopic (exact) mass is 215 g/mol. The second-order valence-electron chi connectivity index (χ2n) is 5.27. The van der Waals surface area contributed by atoms with E-state index in [2.05, 4.69) is 19.2 Å². The molecule has 0 atom stereocenters. The molecular weight excluding hydrogens is 190 g/mol. The molecule has 0 unspecified atom stereocenters. The summed E-state index contributed by atoms with van der Waals surface area (Å²) in [6, 6.07) is 0.483. The van der Waals surface area contributed by atoms with Crippen LogP contribution in [-0.4, -0.2) is 35.0 Å². The third kappa shape index (κ3) is 2.92. The van der Waals surface area contributed by atoms with Crippen molar-refractivity contribution in [2.75, 3.05) is 13.2 Å². The highest BCUT2D eigenvalue weighted by Gasteiger charge is 2.37. The van der Waals surface area contributed by atoms with Gasteiger partial charge in [0.1, 0.15) is 0 Å². The Balaban J connectivity index is 2.36. The normalized spacial score (nSPS) is 26.8. The SMILES string of the molecule is CCC(CO)(CO)NC1CC(C(C)C)C1. The van der Waals surface area contributed by atoms with Gasteiger partial charge in [0.2, 0.25) is 0 Å². The Morgan fingerprint density at radius 1 is 1.27 bits per heavy atom. The highest BCUT2D eigenvalue weighted by molar-refractivity contribution is 4.95. The highest BCUT2D eigenvalue weighted by Crippen LogP contribution is 2.34. The molecule has 0 heterocycles. The van der Waals surface area contributed by atoms with Crippen LogP contribution in [0, 0.1) is 11.8 Å². The first-order valence-electron chi connectivity index (χ1n) is 6.06. The van der Waals surface area contributed by atoms with Crippen LogP contribution in [0.15, 0.2) is 0 Å². The van der Waals surface area contributed by atoms with Gasteiger partial charge in [-0.25, -0.2) is 0 Å². The fourth-order valence-electron chi connectivity index (χ4n) is 2.22. The molecule has 0 bridgehead atoms. The largest absolute Gasteiger partial charge is 0.394 e. The van der Waals surface area contributed by atoms with Gasteiger partial charge in [0.25, 0.3) is 0 Å². The molecule has 1 aliphatic carbocycles. The summed E-state index contributed by atoms with van der Waals surface area (Å²) in [6.07, 6.45) is 3.13. The minimum atomic E-state index is -0.466. The van der Waals surface area contributed by atoms with E-state index >= 15 is 0 Å². The molecule has 3 N–H and O–H groups in total. The number of rotatable bonds is 6. The number of aliphatic hydroxyl groups is 2. The van der Waals surface area contributed by atoms with Crippen LogP contribution >= 0.6 is 0 Å². The number of hydrogen-bond acceptors (Lipinski definition) is 3. The summed E-state index contributed by atoms with van der Waals surface area (Å²) in [5.74, 6) is 1.57. The van der Waals surface area contributed by atoms with Crippen LogP contribution in [0.4, 0.5) is 0 Å². The molecule has 0 radical (unpaired) electrons. The van der Waals surface area contributed by atoms with Gasteiger partial charge >= 0.3 is 0 Å². The van der Waals surface area contributed by atoms with Gasteiger partial charge in [-0.05, 0) is 31.1 Å². The average Bonchev–Trinajstić information content (AvgIpc) is 2.17. The van der Waals surface area contributed by atoms with E-state index in [9.17, 15) is 10.2 Å². The van der Waals surface area contributed by atoms with Gasteiger partial charge in [-0.1, -0.05) is 20.8 Å². The zero-order valence-electron chi connectivity index (χ0n) is 10.2. The van der Waals surface area contributed by atoms with Crippen molar-refractivity contribution >= 4 is 0 Å². The Hall–Kier alpha value is -0.120. The van der Waals surface area contributed by atoms with Crippen molar-refractivity contribution in [1.29, 1.82) is 0 Å². The van der Waals surface area contributed by atoms with Crippen molar-refractivity contribution in [3.8, 4) is 0 Å². The quantitative estimate of drug-likeness (QED) is 0.623. The Kier molecular flexibility index (Phi) is 4.56. The van der Waals surface area contributed by atoms with Crippen molar-refractivity contribution in [2.24, 2.45) is 11.8 Å². The van der Waals surface area contributed by atoms with Gasteiger partial charge in [-0.3, -0.25) is 0 Å². The molecule has 0 spiro atoms. The summed E-state index contributed by atoms with van der Waals surface area (Å²) in [4.78, 5) is 0. The fraction of sp³-hybridized carbons (Fsp3) is 1.00. The van der Waals surface area contributed by atoms with Crippen LogP contribution in [0.3, 0.4) is 0 Å². The zero-order chi connectivity index (χ0) is 11.5. The summed E-state index contributed by atoms with van der Waals surface area (Å²) >= 11 is 0. The van der Waals surface area contributed by atoms with E-state index in [-0.39, 0.29) is 13.2 Å². The van der Waals surface area contributed by atoms with Crippen LogP contribution in [0.5, 0.6) is 0 Å². The van der Waals surface area contributed by atoms with Gasteiger partial charge in [0.15, 0.2) is 0 Å². The predicted molar refractivity (Wildman–Crippen MR) is 61.7 cm³/mol. The highest BCUT2D eigenvalue weighted by atomic mass is 16.3. The Morgan fingerprint density at radius 3 is 2.13 bits per heavy atom. The van der Waals surface area contributed by atoms with Crippen LogP contribution in [0.25, 0.3) is 0 Å². The Bertz CT molecular complexity index is 176. The van der Waals surface area contributed by atoms with Crippen molar-refractivity contribution in [3.05, 3.63) is 0 Å². The van der Waals surface area contributed by atoms with E-state index in [0.717, 1.165) is 18.3 Å². The summed E-state index contributed by atoms with van der Waals surface area (Å²) in [6.45, 7) is 6.54. The first-order valence-corrected chi connectivity index (χ1v) is 6.06. The summed E-state index contributed by atoms with van der Waals surface area (Å²) in [5, 5.41) is 22.0. The molecule has 0 saturated heterocycles. The van der Waals surface area contributed by atoms with E-state index in [1.54, 1.807) is 0 Å². The molecule has 1 rings (SSSR count). The fourth-order valence-corrected chi connectivity index (χ4v) is 2.22. The molecule has 1 aliphatic rings. The van der Waals surface area contributed by atoms with E-state index in [4.69, 9.17) is 0 Å². The minimum Gasteiger partial charge on any atom is -0.394 e. The van der Waals surface area contributed by atoms with Gasteiger partial charge in [-0.15, -0.1) is 0 Å². The van der Waals surface area contributed by atoms with Gasteiger partial charge in [0, 0.05) is 6.04 Å². The first-order chi connectivity index (χ1) is 7.06. The van der Waals surface area contributed by atoms with Gasteiger partial charge in [-0.2, -0.15) is 0 Å². The van der Waals surface area contributed by atoms with Crippen molar-refractivity contribution in [2.45, 2.75) is 51.6 Å². The summed E-state index contributed by atoms with van der Waals surface area (Å²) in [7, 11) is 0. The lowest BCUT2D eigenvalue weighted by atomic mass is 9.73. The van der Waals surface area contributed by atoms with Crippen molar-refractivity contribution in [1.82, 2.24) is 5.32 Å². The molecule has 15 heavy (non-hydrogen) atoms. The smallest absolute Gasteiger partial charge is 0.0647 e. The maximum Gasteiger partial charge on any atom is 0.0647 e. The van der Waals surface area contributed by atoms with Gasteiger partial charge in [0.05, 0.1) is 18.8 Å². The molecule has 1 fully saturated rings. The maximum atomic E-state index is 9.30. The van der Waals surface area contributed by atoms with Crippen LogP contribution in [-0.2, 0) is 0 Å². The Labute approximate surface area is 92.9 Å². The zero-order valence-corrected chi connectivity index (χ0v) is 10.2. The molecule has 90 valence electrons. The summed E-state index contributed by atoms with van der Waals surface area (Å²) < 4.78 is 0. The minimum absolute atomic E-state index is 0.0167. The molecule has 1 saturated carbocycles. The molecule has 0 aromatic carbocycles. The third-order valence-corrected chi connectivity index (χ3v) is 3.91. The van der Waals surface area contributed by atoms with Crippen LogP contribution in [0.2, 0.25) is 0 Å². The molecule has 0 amide bonds. The van der Waals surface area contributed by atoms with E-state index in [0.29, 0.717) is 6.04 Å². The number of hydrogen-bond donors (Lipinski definition) is 3. The lowest BCUT2D eigenvalue weighted by Gasteiger charge is -2.44. The second kappa shape index (κ2) is 5.28. The first kappa shape index (κ1) is 12.9. The lowest BCUT2D eigenvalue weighted by molar-refractivity contribution is 0.0473. The predicted octanol–water partition coefficient (Wildman–Crippen LogP) is 1.14. The topological polar surface area (TPSA) is 52.5 Å². The summed E-state index contributed by atoms with van der Waals surface area (Å²) in [5.41, 5.74) is -0.466. The molecule has 0 aromatic heterocycles.